The third-order valence-electron chi connectivity index (χ3n) is 1.95. The van der Waals surface area contributed by atoms with Crippen molar-refractivity contribution in [3.05, 3.63) is 35.9 Å². The van der Waals surface area contributed by atoms with Crippen LogP contribution in [0.2, 0.25) is 0 Å². The number of benzene rings is 1. The zero-order valence-corrected chi connectivity index (χ0v) is 6.91. The molecule has 2 N–H and O–H groups in total. The number of fused-ring (bicyclic) bond motifs is 1. The Morgan fingerprint density at radius 1 is 1.25 bits per heavy atom. The van der Waals surface area contributed by atoms with Crippen LogP contribution in [0, 0.1) is 6.92 Å². The number of hydrogen-bond donors (Lipinski definition) is 1. The summed E-state index contributed by atoms with van der Waals surface area (Å²) in [6, 6.07) is 10.0. The number of pyridine rings is 1. The molecule has 2 heteroatoms. The third kappa shape index (κ3) is 1.01. The highest BCUT2D eigenvalue weighted by atomic mass is 14.8. The summed E-state index contributed by atoms with van der Waals surface area (Å²) in [5.74, 6) is 0.619. The van der Waals surface area contributed by atoms with E-state index in [1.165, 1.54) is 0 Å². The third-order valence-corrected chi connectivity index (χ3v) is 1.95. The van der Waals surface area contributed by atoms with Gasteiger partial charge in [-0.25, -0.2) is 4.98 Å². The van der Waals surface area contributed by atoms with Gasteiger partial charge in [0.05, 0.1) is 5.52 Å². The van der Waals surface area contributed by atoms with Crippen LogP contribution in [0.1, 0.15) is 5.56 Å². The fraction of sp³-hybridized carbons (Fsp3) is 0.100. The molecule has 2 rings (SSSR count). The Balaban J connectivity index is 2.84. The number of hydrogen-bond acceptors (Lipinski definition) is 2. The second-order valence-electron chi connectivity index (χ2n) is 2.88. The summed E-state index contributed by atoms with van der Waals surface area (Å²) in [4.78, 5) is 4.25. The van der Waals surface area contributed by atoms with Crippen molar-refractivity contribution in [2.45, 2.75) is 6.92 Å². The fourth-order valence-corrected chi connectivity index (χ4v) is 1.24. The van der Waals surface area contributed by atoms with E-state index >= 15 is 0 Å². The molecule has 0 unspecified atom stereocenters. The maximum Gasteiger partial charge on any atom is 0.127 e. The summed E-state index contributed by atoms with van der Waals surface area (Å²) in [5, 5.41) is 1.14. The highest BCUT2D eigenvalue weighted by Crippen LogP contribution is 2.16. The van der Waals surface area contributed by atoms with Crippen molar-refractivity contribution in [3.63, 3.8) is 0 Å². The Morgan fingerprint density at radius 2 is 2.00 bits per heavy atom. The van der Waals surface area contributed by atoms with Crippen LogP contribution in [0.15, 0.2) is 30.3 Å². The molecule has 0 atom stereocenters. The molecule has 0 fully saturated rings. The first-order valence-electron chi connectivity index (χ1n) is 3.89. The van der Waals surface area contributed by atoms with E-state index in [9.17, 15) is 0 Å². The van der Waals surface area contributed by atoms with E-state index in [4.69, 9.17) is 5.73 Å². The van der Waals surface area contributed by atoms with Gasteiger partial charge in [0.25, 0.3) is 0 Å². The summed E-state index contributed by atoms with van der Waals surface area (Å²) in [7, 11) is 0. The Morgan fingerprint density at radius 3 is 2.83 bits per heavy atom. The first kappa shape index (κ1) is 7.10. The Hall–Kier alpha value is -1.57. The summed E-state index contributed by atoms with van der Waals surface area (Å²) in [6.45, 7) is 1.97. The van der Waals surface area contributed by atoms with Crippen LogP contribution in [0.25, 0.3) is 10.9 Å². The van der Waals surface area contributed by atoms with Gasteiger partial charge in [-0.05, 0) is 24.6 Å². The predicted octanol–water partition coefficient (Wildman–Crippen LogP) is 2.13. The highest BCUT2D eigenvalue weighted by Gasteiger charge is 1.97. The molecule has 1 aromatic heterocycles. The highest BCUT2D eigenvalue weighted by molar-refractivity contribution is 5.81. The van der Waals surface area contributed by atoms with Crippen molar-refractivity contribution in [3.8, 4) is 0 Å². The zero-order chi connectivity index (χ0) is 8.55. The lowest BCUT2D eigenvalue weighted by Gasteiger charge is -2.01. The van der Waals surface area contributed by atoms with E-state index in [0.717, 1.165) is 16.5 Å². The lowest BCUT2D eigenvalue weighted by molar-refractivity contribution is 1.34. The van der Waals surface area contributed by atoms with Crippen LogP contribution in [0.5, 0.6) is 0 Å². The van der Waals surface area contributed by atoms with Gasteiger partial charge < -0.3 is 5.73 Å². The second-order valence-corrected chi connectivity index (χ2v) is 2.88. The number of rotatable bonds is 0. The van der Waals surface area contributed by atoms with Crippen LogP contribution in [0.4, 0.5) is 5.82 Å². The topological polar surface area (TPSA) is 38.9 Å². The van der Waals surface area contributed by atoms with Crippen LogP contribution in [0.3, 0.4) is 0 Å². The molecule has 2 nitrogen and oxygen atoms in total. The van der Waals surface area contributed by atoms with Crippen molar-refractivity contribution in [2.75, 3.05) is 5.73 Å². The molecule has 0 bridgehead atoms. The molecule has 60 valence electrons. The minimum Gasteiger partial charge on any atom is -0.383 e. The first-order chi connectivity index (χ1) is 5.77. The fourth-order valence-electron chi connectivity index (χ4n) is 1.24. The van der Waals surface area contributed by atoms with E-state index in [-0.39, 0.29) is 0 Å². The molecule has 0 amide bonds. The zero-order valence-electron chi connectivity index (χ0n) is 6.91. The Labute approximate surface area is 71.0 Å². The Bertz CT molecular complexity index is 381. The van der Waals surface area contributed by atoms with Crippen molar-refractivity contribution in [1.82, 2.24) is 4.98 Å². The first-order valence-corrected chi connectivity index (χ1v) is 3.89. The molecule has 0 spiro atoms. The quantitative estimate of drug-likeness (QED) is 0.637. The van der Waals surface area contributed by atoms with Crippen molar-refractivity contribution in [1.29, 1.82) is 0 Å². The normalized spacial score (nSPS) is 10.4. The summed E-state index contributed by atoms with van der Waals surface area (Å²) < 4.78 is 0. The van der Waals surface area contributed by atoms with E-state index in [0.29, 0.717) is 5.82 Å². The number of nitrogen functional groups attached to an aromatic ring is 1. The molecule has 1 heterocycles. The summed E-state index contributed by atoms with van der Waals surface area (Å²) in [5.41, 5.74) is 7.67. The van der Waals surface area contributed by atoms with E-state index < -0.39 is 0 Å². The summed E-state index contributed by atoms with van der Waals surface area (Å²) in [6.07, 6.45) is 0. The second kappa shape index (κ2) is 2.48. The van der Waals surface area contributed by atoms with Crippen LogP contribution in [-0.2, 0) is 0 Å². The minimum atomic E-state index is 0.619. The SMILES string of the molecule is Cc1cc2ccccc2nc1N. The number of aryl methyl sites for hydroxylation is 1. The number of para-hydroxylation sites is 1. The molecule has 0 saturated heterocycles. The lowest BCUT2D eigenvalue weighted by Crippen LogP contribution is -1.93. The van der Waals surface area contributed by atoms with Gasteiger partial charge in [-0.3, -0.25) is 0 Å². The van der Waals surface area contributed by atoms with Crippen molar-refractivity contribution >= 4 is 16.7 Å². The molecule has 1 aromatic carbocycles. The van der Waals surface area contributed by atoms with E-state index in [1.54, 1.807) is 0 Å². The molecule has 0 saturated carbocycles. The van der Waals surface area contributed by atoms with E-state index in [1.807, 2.05) is 31.2 Å². The van der Waals surface area contributed by atoms with Gasteiger partial charge in [0.2, 0.25) is 0 Å². The van der Waals surface area contributed by atoms with Crippen LogP contribution in [-0.4, -0.2) is 4.98 Å². The summed E-state index contributed by atoms with van der Waals surface area (Å²) >= 11 is 0. The van der Waals surface area contributed by atoms with Gasteiger partial charge in [-0.15, -0.1) is 0 Å². The predicted molar refractivity (Wildman–Crippen MR) is 50.9 cm³/mol. The number of anilines is 1. The smallest absolute Gasteiger partial charge is 0.127 e. The minimum absolute atomic E-state index is 0.619. The monoisotopic (exact) mass is 158 g/mol. The lowest BCUT2D eigenvalue weighted by atomic mass is 10.1. The molecule has 2 aromatic rings. The largest absolute Gasteiger partial charge is 0.383 e. The molecule has 0 aliphatic rings. The van der Waals surface area contributed by atoms with Gasteiger partial charge in [0.15, 0.2) is 0 Å². The molecule has 0 aliphatic heterocycles. The Kier molecular flexibility index (Phi) is 1.47. The van der Waals surface area contributed by atoms with E-state index in [2.05, 4.69) is 11.1 Å². The molecule has 12 heavy (non-hydrogen) atoms. The standard InChI is InChI=1S/C10H10N2/c1-7-6-8-4-2-3-5-9(8)12-10(7)11/h2-6H,1H3,(H2,11,12). The van der Waals surface area contributed by atoms with Gasteiger partial charge >= 0.3 is 0 Å². The van der Waals surface area contributed by atoms with Crippen LogP contribution < -0.4 is 5.73 Å². The van der Waals surface area contributed by atoms with Gasteiger partial charge in [0, 0.05) is 5.39 Å². The molecule has 0 radical (unpaired) electrons. The average Bonchev–Trinajstić information content (AvgIpc) is 2.07. The van der Waals surface area contributed by atoms with Crippen molar-refractivity contribution < 1.29 is 0 Å². The van der Waals surface area contributed by atoms with Gasteiger partial charge in [0.1, 0.15) is 5.82 Å². The molecular formula is C10H10N2. The van der Waals surface area contributed by atoms with Gasteiger partial charge in [-0.2, -0.15) is 0 Å². The maximum atomic E-state index is 5.67. The average molecular weight is 158 g/mol. The number of nitrogens with two attached hydrogens (primary N) is 1. The number of aromatic nitrogens is 1. The molecule has 0 aliphatic carbocycles. The maximum absolute atomic E-state index is 5.67. The number of nitrogens with zero attached hydrogens (tertiary/aromatic N) is 1. The molecular weight excluding hydrogens is 148 g/mol. The van der Waals surface area contributed by atoms with Crippen molar-refractivity contribution in [2.24, 2.45) is 0 Å². The van der Waals surface area contributed by atoms with Crippen LogP contribution >= 0.6 is 0 Å². The van der Waals surface area contributed by atoms with Gasteiger partial charge in [-0.1, -0.05) is 18.2 Å².